The molecule has 0 atom stereocenters. The maximum Gasteiger partial charge on any atom is 0.191 e. The Bertz CT molecular complexity index is 159. The Balaban J connectivity index is 2.35. The van der Waals surface area contributed by atoms with Gasteiger partial charge in [0.05, 0.1) is 0 Å². The molecule has 0 aromatic carbocycles. The van der Waals surface area contributed by atoms with Crippen molar-refractivity contribution >= 4 is 5.96 Å². The Morgan fingerprint density at radius 1 is 1.25 bits per heavy atom. The van der Waals surface area contributed by atoms with Crippen molar-refractivity contribution in [2.45, 2.75) is 27.2 Å². The van der Waals surface area contributed by atoms with E-state index in [1.807, 2.05) is 0 Å². The average Bonchev–Trinajstić information content (AvgIpc) is 2.02. The monoisotopic (exact) mass is 169 g/mol. The first-order chi connectivity index (χ1) is 5.58. The van der Waals surface area contributed by atoms with E-state index >= 15 is 0 Å². The van der Waals surface area contributed by atoms with Crippen LogP contribution in [0.3, 0.4) is 0 Å². The van der Waals surface area contributed by atoms with Crippen molar-refractivity contribution in [3.63, 3.8) is 0 Å². The molecule has 0 saturated carbocycles. The molecule has 0 unspecified atom stereocenters. The fraction of sp³-hybridized carbons (Fsp3) is 0.889. The molecule has 1 rings (SSSR count). The summed E-state index contributed by atoms with van der Waals surface area (Å²) in [5.41, 5.74) is 0.286. The number of hydrogen-bond donors (Lipinski definition) is 2. The predicted octanol–water partition coefficient (Wildman–Crippen LogP) is 0.971. The summed E-state index contributed by atoms with van der Waals surface area (Å²) >= 11 is 0. The Kier molecular flexibility index (Phi) is 2.95. The largest absolute Gasteiger partial charge is 0.356 e. The number of guanidine groups is 1. The second-order valence-electron chi connectivity index (χ2n) is 4.43. The topological polar surface area (TPSA) is 36.4 Å². The highest BCUT2D eigenvalue weighted by atomic mass is 15.2. The zero-order valence-electron chi connectivity index (χ0n) is 8.28. The minimum absolute atomic E-state index is 0.286. The van der Waals surface area contributed by atoms with Crippen molar-refractivity contribution in [3.05, 3.63) is 0 Å². The number of hydrogen-bond acceptors (Lipinski definition) is 1. The average molecular weight is 169 g/mol. The van der Waals surface area contributed by atoms with E-state index in [1.54, 1.807) is 0 Å². The summed E-state index contributed by atoms with van der Waals surface area (Å²) in [5, 5.41) is 6.46. The third-order valence-corrected chi connectivity index (χ3v) is 1.65. The molecule has 1 heterocycles. The first kappa shape index (κ1) is 9.36. The van der Waals surface area contributed by atoms with Crippen molar-refractivity contribution < 1.29 is 0 Å². The lowest BCUT2D eigenvalue weighted by molar-refractivity contribution is 0.427. The van der Waals surface area contributed by atoms with Crippen LogP contribution < -0.4 is 10.6 Å². The first-order valence-electron chi connectivity index (χ1n) is 4.60. The molecule has 1 fully saturated rings. The Morgan fingerprint density at radius 3 is 2.33 bits per heavy atom. The molecule has 1 aliphatic rings. The van der Waals surface area contributed by atoms with Crippen LogP contribution >= 0.6 is 0 Å². The quantitative estimate of drug-likeness (QED) is 0.613. The molecule has 2 N–H and O–H groups in total. The fourth-order valence-electron chi connectivity index (χ4n) is 0.992. The zero-order valence-corrected chi connectivity index (χ0v) is 8.28. The van der Waals surface area contributed by atoms with Crippen molar-refractivity contribution in [2.24, 2.45) is 10.4 Å². The van der Waals surface area contributed by atoms with Crippen molar-refractivity contribution in [2.75, 3.05) is 19.6 Å². The van der Waals surface area contributed by atoms with Gasteiger partial charge in [-0.05, 0) is 11.8 Å². The van der Waals surface area contributed by atoms with Gasteiger partial charge in [0.2, 0.25) is 0 Å². The molecule has 0 spiro atoms. The predicted molar refractivity (Wildman–Crippen MR) is 52.4 cm³/mol. The van der Waals surface area contributed by atoms with Gasteiger partial charge in [0.1, 0.15) is 0 Å². The normalized spacial score (nSPS) is 18.1. The molecule has 0 aromatic rings. The molecule has 1 aliphatic heterocycles. The van der Waals surface area contributed by atoms with Crippen molar-refractivity contribution in [1.29, 1.82) is 0 Å². The van der Waals surface area contributed by atoms with E-state index in [4.69, 9.17) is 0 Å². The van der Waals surface area contributed by atoms with Gasteiger partial charge in [0.25, 0.3) is 0 Å². The van der Waals surface area contributed by atoms with Crippen LogP contribution in [-0.2, 0) is 0 Å². The number of rotatable bonds is 1. The van der Waals surface area contributed by atoms with Crippen molar-refractivity contribution in [3.8, 4) is 0 Å². The van der Waals surface area contributed by atoms with Crippen LogP contribution in [0.4, 0.5) is 0 Å². The van der Waals surface area contributed by atoms with Gasteiger partial charge in [-0.15, -0.1) is 0 Å². The van der Waals surface area contributed by atoms with E-state index in [9.17, 15) is 0 Å². The van der Waals surface area contributed by atoms with E-state index in [0.717, 1.165) is 25.6 Å². The minimum atomic E-state index is 0.286. The summed E-state index contributed by atoms with van der Waals surface area (Å²) < 4.78 is 0. The lowest BCUT2D eigenvalue weighted by Crippen LogP contribution is -2.44. The van der Waals surface area contributed by atoms with Gasteiger partial charge < -0.3 is 10.6 Å². The second kappa shape index (κ2) is 3.78. The SMILES string of the molecule is CC(C)(C)CN=C1NCCCN1. The summed E-state index contributed by atoms with van der Waals surface area (Å²) in [6, 6.07) is 0. The standard InChI is InChI=1S/C9H19N3/c1-9(2,3)7-12-8-10-5-4-6-11-8/h4-7H2,1-3H3,(H2,10,11,12). The van der Waals surface area contributed by atoms with E-state index in [1.165, 1.54) is 6.42 Å². The highest BCUT2D eigenvalue weighted by Crippen LogP contribution is 2.12. The van der Waals surface area contributed by atoms with Crippen molar-refractivity contribution in [1.82, 2.24) is 10.6 Å². The fourth-order valence-corrected chi connectivity index (χ4v) is 0.992. The zero-order chi connectivity index (χ0) is 9.03. The molecular formula is C9H19N3. The summed E-state index contributed by atoms with van der Waals surface area (Å²) in [7, 11) is 0. The molecule has 0 bridgehead atoms. The van der Waals surface area contributed by atoms with Crippen LogP contribution in [0.25, 0.3) is 0 Å². The minimum Gasteiger partial charge on any atom is -0.356 e. The molecule has 70 valence electrons. The third kappa shape index (κ3) is 3.60. The van der Waals surface area contributed by atoms with Gasteiger partial charge in [-0.1, -0.05) is 20.8 Å². The van der Waals surface area contributed by atoms with Crippen LogP contribution in [0.1, 0.15) is 27.2 Å². The maximum atomic E-state index is 4.45. The van der Waals surface area contributed by atoms with Gasteiger partial charge >= 0.3 is 0 Å². The van der Waals surface area contributed by atoms with Gasteiger partial charge in [-0.3, -0.25) is 4.99 Å². The molecule has 0 amide bonds. The molecule has 3 nitrogen and oxygen atoms in total. The van der Waals surface area contributed by atoms with Gasteiger partial charge in [-0.25, -0.2) is 0 Å². The third-order valence-electron chi connectivity index (χ3n) is 1.65. The Labute approximate surface area is 74.6 Å². The van der Waals surface area contributed by atoms with Crippen LogP contribution in [0.5, 0.6) is 0 Å². The molecule has 0 aromatic heterocycles. The molecule has 0 radical (unpaired) electrons. The second-order valence-corrected chi connectivity index (χ2v) is 4.43. The van der Waals surface area contributed by atoms with Crippen LogP contribution in [0.2, 0.25) is 0 Å². The summed E-state index contributed by atoms with van der Waals surface area (Å²) in [4.78, 5) is 4.45. The molecule has 1 saturated heterocycles. The summed E-state index contributed by atoms with van der Waals surface area (Å²) in [6.45, 7) is 9.56. The highest BCUT2D eigenvalue weighted by molar-refractivity contribution is 5.80. The van der Waals surface area contributed by atoms with E-state index < -0.39 is 0 Å². The lowest BCUT2D eigenvalue weighted by Gasteiger charge is -2.20. The van der Waals surface area contributed by atoms with Crippen LogP contribution in [0, 0.1) is 5.41 Å². The van der Waals surface area contributed by atoms with E-state index in [0.29, 0.717) is 0 Å². The summed E-state index contributed by atoms with van der Waals surface area (Å²) in [5.74, 6) is 0.969. The van der Waals surface area contributed by atoms with E-state index in [2.05, 4.69) is 36.4 Å². The molecule has 0 aliphatic carbocycles. The van der Waals surface area contributed by atoms with Crippen LogP contribution in [0.15, 0.2) is 4.99 Å². The van der Waals surface area contributed by atoms with Gasteiger partial charge in [-0.2, -0.15) is 0 Å². The number of nitrogens with zero attached hydrogens (tertiary/aromatic N) is 1. The Morgan fingerprint density at radius 2 is 1.83 bits per heavy atom. The Hall–Kier alpha value is -0.730. The molecule has 3 heteroatoms. The van der Waals surface area contributed by atoms with Gasteiger partial charge in [0, 0.05) is 19.6 Å². The molecular weight excluding hydrogens is 150 g/mol. The molecule has 12 heavy (non-hydrogen) atoms. The smallest absolute Gasteiger partial charge is 0.191 e. The number of aliphatic imine (C=N–C) groups is 1. The van der Waals surface area contributed by atoms with Gasteiger partial charge in [0.15, 0.2) is 5.96 Å². The van der Waals surface area contributed by atoms with Crippen LogP contribution in [-0.4, -0.2) is 25.6 Å². The highest BCUT2D eigenvalue weighted by Gasteiger charge is 2.10. The summed E-state index contributed by atoms with van der Waals surface area (Å²) in [6.07, 6.45) is 1.19. The number of nitrogens with one attached hydrogen (secondary N) is 2. The van der Waals surface area contributed by atoms with E-state index in [-0.39, 0.29) is 5.41 Å². The first-order valence-corrected chi connectivity index (χ1v) is 4.60. The lowest BCUT2D eigenvalue weighted by atomic mass is 9.97. The maximum absolute atomic E-state index is 4.45.